The van der Waals surface area contributed by atoms with Crippen molar-refractivity contribution in [2.75, 3.05) is 12.8 Å². The van der Waals surface area contributed by atoms with Crippen molar-refractivity contribution in [2.45, 2.75) is 19.4 Å². The third-order valence-corrected chi connectivity index (χ3v) is 4.09. The van der Waals surface area contributed by atoms with Gasteiger partial charge in [0, 0.05) is 20.0 Å². The quantitative estimate of drug-likeness (QED) is 0.792. The Bertz CT molecular complexity index is 782. The first-order valence-corrected chi connectivity index (χ1v) is 8.82. The molecule has 1 atom stereocenters. The summed E-state index contributed by atoms with van der Waals surface area (Å²) in [4.78, 5) is 16.3. The highest BCUT2D eigenvalue weighted by Gasteiger charge is 2.16. The number of carbonyl (C=O) groups excluding carboxylic acids is 1. The SMILES string of the molecule is C[C@H](NS(C)(=O)=O)C(=O)NCCc1nc2ccccc2n1C. The number of aryl methyl sites for hydroxylation is 1. The highest BCUT2D eigenvalue weighted by Crippen LogP contribution is 2.14. The van der Waals surface area contributed by atoms with Gasteiger partial charge in [0.2, 0.25) is 15.9 Å². The Morgan fingerprint density at radius 1 is 1.36 bits per heavy atom. The Balaban J connectivity index is 1.93. The summed E-state index contributed by atoms with van der Waals surface area (Å²) in [6.07, 6.45) is 1.60. The molecule has 2 rings (SSSR count). The van der Waals surface area contributed by atoms with E-state index in [4.69, 9.17) is 0 Å². The molecule has 0 fully saturated rings. The van der Waals surface area contributed by atoms with Crippen molar-refractivity contribution >= 4 is 27.0 Å². The van der Waals surface area contributed by atoms with Gasteiger partial charge in [0.25, 0.3) is 0 Å². The third kappa shape index (κ3) is 4.05. The molecule has 2 aromatic rings. The van der Waals surface area contributed by atoms with E-state index in [2.05, 4.69) is 15.0 Å². The van der Waals surface area contributed by atoms with Crippen LogP contribution in [-0.4, -0.2) is 42.7 Å². The van der Waals surface area contributed by atoms with Gasteiger partial charge in [-0.1, -0.05) is 12.1 Å². The van der Waals surface area contributed by atoms with E-state index in [-0.39, 0.29) is 5.91 Å². The zero-order valence-electron chi connectivity index (χ0n) is 12.8. The van der Waals surface area contributed by atoms with Crippen molar-refractivity contribution in [1.29, 1.82) is 0 Å². The van der Waals surface area contributed by atoms with E-state index in [0.29, 0.717) is 13.0 Å². The van der Waals surface area contributed by atoms with E-state index in [1.54, 1.807) is 0 Å². The van der Waals surface area contributed by atoms with E-state index in [9.17, 15) is 13.2 Å². The minimum absolute atomic E-state index is 0.357. The number of rotatable bonds is 6. The topological polar surface area (TPSA) is 93.1 Å². The van der Waals surface area contributed by atoms with Gasteiger partial charge in [-0.2, -0.15) is 0 Å². The predicted molar refractivity (Wildman–Crippen MR) is 84.9 cm³/mol. The largest absolute Gasteiger partial charge is 0.354 e. The van der Waals surface area contributed by atoms with Crippen LogP contribution in [0.3, 0.4) is 0 Å². The maximum atomic E-state index is 11.8. The summed E-state index contributed by atoms with van der Waals surface area (Å²) in [5, 5.41) is 2.71. The summed E-state index contributed by atoms with van der Waals surface area (Å²) in [7, 11) is -1.47. The van der Waals surface area contributed by atoms with Crippen molar-refractivity contribution in [3.8, 4) is 0 Å². The van der Waals surface area contributed by atoms with Gasteiger partial charge >= 0.3 is 0 Å². The van der Waals surface area contributed by atoms with Crippen LogP contribution in [0.1, 0.15) is 12.7 Å². The zero-order chi connectivity index (χ0) is 16.3. The summed E-state index contributed by atoms with van der Waals surface area (Å²) in [5.41, 5.74) is 1.95. The molecule has 1 amide bonds. The van der Waals surface area contributed by atoms with Crippen LogP contribution in [-0.2, 0) is 28.3 Å². The molecule has 0 aliphatic heterocycles. The van der Waals surface area contributed by atoms with E-state index >= 15 is 0 Å². The Morgan fingerprint density at radius 2 is 2.05 bits per heavy atom. The second kappa shape index (κ2) is 6.45. The standard InChI is InChI=1S/C14H20N4O3S/c1-10(17-22(3,20)21)14(19)15-9-8-13-16-11-6-4-5-7-12(11)18(13)2/h4-7,10,17H,8-9H2,1-3H3,(H,15,19)/t10-/m0/s1. The number of amides is 1. The summed E-state index contributed by atoms with van der Waals surface area (Å²) >= 11 is 0. The number of nitrogens with zero attached hydrogens (tertiary/aromatic N) is 2. The van der Waals surface area contributed by atoms with Crippen LogP contribution in [0.15, 0.2) is 24.3 Å². The van der Waals surface area contributed by atoms with Crippen molar-refractivity contribution in [2.24, 2.45) is 7.05 Å². The van der Waals surface area contributed by atoms with Crippen LogP contribution in [0.25, 0.3) is 11.0 Å². The van der Waals surface area contributed by atoms with Gasteiger partial charge in [-0.25, -0.2) is 18.1 Å². The van der Waals surface area contributed by atoms with Gasteiger partial charge in [-0.3, -0.25) is 4.79 Å². The molecule has 0 bridgehead atoms. The second-order valence-electron chi connectivity index (χ2n) is 5.23. The van der Waals surface area contributed by atoms with E-state index in [0.717, 1.165) is 23.1 Å². The van der Waals surface area contributed by atoms with Crippen molar-refractivity contribution < 1.29 is 13.2 Å². The fraction of sp³-hybridized carbons (Fsp3) is 0.429. The minimum atomic E-state index is -3.40. The average molecular weight is 324 g/mol. The number of nitrogens with one attached hydrogen (secondary N) is 2. The molecule has 2 N–H and O–H groups in total. The molecule has 0 saturated heterocycles. The molecule has 1 heterocycles. The van der Waals surface area contributed by atoms with Crippen molar-refractivity contribution in [3.05, 3.63) is 30.1 Å². The number of para-hydroxylation sites is 2. The van der Waals surface area contributed by atoms with Gasteiger partial charge < -0.3 is 9.88 Å². The highest BCUT2D eigenvalue weighted by atomic mass is 32.2. The number of imidazole rings is 1. The Kier molecular flexibility index (Phi) is 4.82. The number of benzene rings is 1. The molecule has 0 saturated carbocycles. The maximum absolute atomic E-state index is 11.8. The zero-order valence-corrected chi connectivity index (χ0v) is 13.6. The van der Waals surface area contributed by atoms with Gasteiger partial charge in [0.05, 0.1) is 23.3 Å². The number of aromatic nitrogens is 2. The molecule has 7 nitrogen and oxygen atoms in total. The first-order valence-electron chi connectivity index (χ1n) is 6.93. The lowest BCUT2D eigenvalue weighted by molar-refractivity contribution is -0.122. The van der Waals surface area contributed by atoms with Crippen LogP contribution < -0.4 is 10.0 Å². The van der Waals surface area contributed by atoms with Gasteiger partial charge in [0.15, 0.2) is 0 Å². The molecule has 0 radical (unpaired) electrons. The smallest absolute Gasteiger partial charge is 0.237 e. The molecule has 1 aromatic heterocycles. The second-order valence-corrected chi connectivity index (χ2v) is 7.01. The first kappa shape index (κ1) is 16.4. The fourth-order valence-corrected chi connectivity index (χ4v) is 2.99. The molecule has 0 aliphatic rings. The molecule has 0 unspecified atom stereocenters. The van der Waals surface area contributed by atoms with Gasteiger partial charge in [0.1, 0.15) is 5.82 Å². The molecule has 22 heavy (non-hydrogen) atoms. The molecular weight excluding hydrogens is 304 g/mol. The van der Waals surface area contributed by atoms with Crippen LogP contribution >= 0.6 is 0 Å². The molecule has 8 heteroatoms. The number of fused-ring (bicyclic) bond motifs is 1. The Hall–Kier alpha value is -1.93. The minimum Gasteiger partial charge on any atom is -0.354 e. The van der Waals surface area contributed by atoms with Crippen molar-refractivity contribution in [3.63, 3.8) is 0 Å². The third-order valence-electron chi connectivity index (χ3n) is 3.31. The molecule has 120 valence electrons. The molecule has 0 spiro atoms. The lowest BCUT2D eigenvalue weighted by Crippen LogP contribution is -2.44. The molecule has 1 aromatic carbocycles. The summed E-state index contributed by atoms with van der Waals surface area (Å²) in [5.74, 6) is 0.509. The molecular formula is C14H20N4O3S. The Labute approximate surface area is 129 Å². The summed E-state index contributed by atoms with van der Waals surface area (Å²) < 4.78 is 26.4. The van der Waals surface area contributed by atoms with Crippen LogP contribution in [0, 0.1) is 0 Å². The number of carbonyl (C=O) groups is 1. The van der Waals surface area contributed by atoms with Crippen LogP contribution in [0.2, 0.25) is 0 Å². The molecule has 0 aliphatic carbocycles. The van der Waals surface area contributed by atoms with Gasteiger partial charge in [-0.15, -0.1) is 0 Å². The Morgan fingerprint density at radius 3 is 2.68 bits per heavy atom. The lowest BCUT2D eigenvalue weighted by Gasteiger charge is -2.12. The maximum Gasteiger partial charge on any atom is 0.237 e. The number of hydrogen-bond acceptors (Lipinski definition) is 4. The van der Waals surface area contributed by atoms with Crippen LogP contribution in [0.5, 0.6) is 0 Å². The normalized spacial score (nSPS) is 13.2. The monoisotopic (exact) mass is 324 g/mol. The van der Waals surface area contributed by atoms with E-state index in [1.807, 2.05) is 35.9 Å². The predicted octanol–water partition coefficient (Wildman–Crippen LogP) is 0.170. The fourth-order valence-electron chi connectivity index (χ4n) is 2.24. The number of sulfonamides is 1. The average Bonchev–Trinajstić information content (AvgIpc) is 2.74. The summed E-state index contributed by atoms with van der Waals surface area (Å²) in [6.45, 7) is 1.90. The van der Waals surface area contributed by atoms with Crippen molar-refractivity contribution in [1.82, 2.24) is 19.6 Å². The summed E-state index contributed by atoms with van der Waals surface area (Å²) in [6, 6.07) is 7.02. The highest BCUT2D eigenvalue weighted by molar-refractivity contribution is 7.88. The van der Waals surface area contributed by atoms with E-state index < -0.39 is 16.1 Å². The number of hydrogen-bond donors (Lipinski definition) is 2. The first-order chi connectivity index (χ1) is 10.3. The van der Waals surface area contributed by atoms with E-state index in [1.165, 1.54) is 6.92 Å². The van der Waals surface area contributed by atoms with Gasteiger partial charge in [-0.05, 0) is 19.1 Å². The lowest BCUT2D eigenvalue weighted by atomic mass is 10.3. The van der Waals surface area contributed by atoms with Crippen LogP contribution in [0.4, 0.5) is 0 Å².